The fourth-order valence-electron chi connectivity index (χ4n) is 3.56. The number of alkyl halides is 5. The molecule has 3 rings (SSSR count). The Hall–Kier alpha value is -1.97. The lowest BCUT2D eigenvalue weighted by atomic mass is 10.00. The molecule has 0 radical (unpaired) electrons. The molecule has 2 aliphatic heterocycles. The molecule has 0 saturated carbocycles. The summed E-state index contributed by atoms with van der Waals surface area (Å²) >= 11 is 0. The number of pyridine rings is 1. The summed E-state index contributed by atoms with van der Waals surface area (Å²) in [7, 11) is 1.22. The molecule has 0 N–H and O–H groups in total. The first-order valence-corrected chi connectivity index (χ1v) is 8.20. The van der Waals surface area contributed by atoms with E-state index in [0.29, 0.717) is 25.8 Å². The largest absolute Gasteiger partial charge is 0.418 e. The number of likely N-dealkylation sites (N-methyl/N-ethyl adjacent to an activating group) is 1. The Kier molecular flexibility index (Phi) is 4.58. The highest BCUT2D eigenvalue weighted by Crippen LogP contribution is 2.46. The second kappa shape index (κ2) is 6.33. The quantitative estimate of drug-likeness (QED) is 0.742. The summed E-state index contributed by atoms with van der Waals surface area (Å²) in [5, 5.41) is 0. The molecule has 0 aromatic carbocycles. The van der Waals surface area contributed by atoms with E-state index in [2.05, 4.69) is 9.88 Å². The van der Waals surface area contributed by atoms with Gasteiger partial charge in [0.05, 0.1) is 16.8 Å². The van der Waals surface area contributed by atoms with Crippen molar-refractivity contribution < 1.29 is 26.7 Å². The highest BCUT2D eigenvalue weighted by molar-refractivity contribution is 6.05. The van der Waals surface area contributed by atoms with Crippen molar-refractivity contribution in [2.45, 2.75) is 38.5 Å². The molecule has 2 aliphatic rings. The first-order valence-electron chi connectivity index (χ1n) is 8.20. The molecule has 1 saturated heterocycles. The van der Waals surface area contributed by atoms with Crippen LogP contribution in [0.3, 0.4) is 0 Å². The van der Waals surface area contributed by atoms with Crippen molar-refractivity contribution in [2.75, 3.05) is 36.5 Å². The lowest BCUT2D eigenvalue weighted by Crippen LogP contribution is -2.63. The Morgan fingerprint density at radius 1 is 1.23 bits per heavy atom. The van der Waals surface area contributed by atoms with Crippen LogP contribution in [0.15, 0.2) is 6.20 Å². The van der Waals surface area contributed by atoms with Gasteiger partial charge in [0, 0.05) is 38.9 Å². The van der Waals surface area contributed by atoms with Crippen molar-refractivity contribution in [3.63, 3.8) is 0 Å². The Morgan fingerprint density at radius 3 is 2.42 bits per heavy atom. The zero-order valence-corrected chi connectivity index (χ0v) is 14.5. The third kappa shape index (κ3) is 2.89. The highest BCUT2D eigenvalue weighted by atomic mass is 19.4. The van der Waals surface area contributed by atoms with E-state index in [9.17, 15) is 26.7 Å². The summed E-state index contributed by atoms with van der Waals surface area (Å²) in [6.45, 7) is 5.22. The summed E-state index contributed by atoms with van der Waals surface area (Å²) in [5.74, 6) is -0.505. The van der Waals surface area contributed by atoms with Gasteiger partial charge in [0.25, 0.3) is 12.3 Å². The van der Waals surface area contributed by atoms with Crippen molar-refractivity contribution in [3.8, 4) is 0 Å². The van der Waals surface area contributed by atoms with Gasteiger partial charge < -0.3 is 9.80 Å². The van der Waals surface area contributed by atoms with Gasteiger partial charge in [-0.2, -0.15) is 13.2 Å². The van der Waals surface area contributed by atoms with Crippen LogP contribution in [-0.2, 0) is 11.0 Å². The van der Waals surface area contributed by atoms with Crippen LogP contribution in [0.1, 0.15) is 31.4 Å². The normalized spacial score (nSPS) is 21.5. The van der Waals surface area contributed by atoms with Crippen LogP contribution < -0.4 is 9.80 Å². The van der Waals surface area contributed by atoms with E-state index >= 15 is 0 Å². The Bertz CT molecular complexity index is 721. The summed E-state index contributed by atoms with van der Waals surface area (Å²) in [5.41, 5.74) is -3.15. The number of nitrogens with zero attached hydrogens (tertiary/aromatic N) is 4. The topological polar surface area (TPSA) is 39.7 Å². The first-order chi connectivity index (χ1) is 12.0. The number of hydrogen-bond donors (Lipinski definition) is 0. The van der Waals surface area contributed by atoms with E-state index in [1.54, 1.807) is 4.90 Å². The van der Waals surface area contributed by atoms with Crippen LogP contribution in [0.25, 0.3) is 0 Å². The van der Waals surface area contributed by atoms with Gasteiger partial charge in [0.1, 0.15) is 6.04 Å². The van der Waals surface area contributed by atoms with E-state index < -0.39 is 41.4 Å². The number of amides is 1. The third-order valence-corrected chi connectivity index (χ3v) is 4.96. The van der Waals surface area contributed by atoms with Gasteiger partial charge in [-0.15, -0.1) is 0 Å². The molecule has 10 heteroatoms. The predicted octanol–water partition coefficient (Wildman–Crippen LogP) is 2.91. The lowest BCUT2D eigenvalue weighted by molar-refractivity contribution is -0.139. The van der Waals surface area contributed by atoms with E-state index in [1.165, 1.54) is 7.05 Å². The molecule has 0 bridgehead atoms. The van der Waals surface area contributed by atoms with Crippen molar-refractivity contribution >= 4 is 17.4 Å². The van der Waals surface area contributed by atoms with Gasteiger partial charge >= 0.3 is 6.18 Å². The molecule has 1 atom stereocenters. The van der Waals surface area contributed by atoms with Crippen LogP contribution in [0, 0.1) is 0 Å². The maximum Gasteiger partial charge on any atom is 0.418 e. The van der Waals surface area contributed by atoms with Crippen LogP contribution in [-0.4, -0.2) is 54.6 Å². The molecule has 144 valence electrons. The number of aromatic nitrogens is 1. The van der Waals surface area contributed by atoms with Gasteiger partial charge in [-0.25, -0.2) is 13.8 Å². The molecular weight excluding hydrogens is 359 g/mol. The van der Waals surface area contributed by atoms with Crippen molar-refractivity contribution in [2.24, 2.45) is 0 Å². The van der Waals surface area contributed by atoms with Gasteiger partial charge in [-0.1, -0.05) is 0 Å². The van der Waals surface area contributed by atoms with Crippen molar-refractivity contribution in [1.29, 1.82) is 0 Å². The molecule has 0 aliphatic carbocycles. The van der Waals surface area contributed by atoms with Crippen LogP contribution in [0.2, 0.25) is 0 Å². The summed E-state index contributed by atoms with van der Waals surface area (Å²) < 4.78 is 66.6. The highest BCUT2D eigenvalue weighted by Gasteiger charge is 2.46. The predicted molar refractivity (Wildman–Crippen MR) is 85.4 cm³/mol. The number of anilines is 2. The Morgan fingerprint density at radius 2 is 1.88 bits per heavy atom. The average Bonchev–Trinajstić information content (AvgIpc) is 2.56. The summed E-state index contributed by atoms with van der Waals surface area (Å²) in [4.78, 5) is 21.1. The number of hydrogen-bond acceptors (Lipinski definition) is 4. The number of carbonyl (C=O) groups is 1. The minimum atomic E-state index is -4.98. The van der Waals surface area contributed by atoms with E-state index in [4.69, 9.17) is 0 Å². The standard InChI is InChI=1S/C16H19F5N4O/c1-8(2)24-4-5-25-10(7-24)15(26)23(3)12-11(13(17)18)9(16(19,20)21)6-22-14(12)25/h6,8,10,13H,4-5,7H2,1-3H3/t10-/m0/s1. The Balaban J connectivity index is 2.14. The molecule has 0 unspecified atom stereocenters. The first kappa shape index (κ1) is 18.8. The van der Waals surface area contributed by atoms with Crippen molar-refractivity contribution in [1.82, 2.24) is 9.88 Å². The minimum absolute atomic E-state index is 0.00352. The number of piperazine rings is 1. The summed E-state index contributed by atoms with van der Waals surface area (Å²) in [6, 6.07) is -0.466. The molecule has 26 heavy (non-hydrogen) atoms. The molecule has 0 spiro atoms. The molecule has 1 fully saturated rings. The maximum atomic E-state index is 13.5. The number of halogens is 5. The fourth-order valence-corrected chi connectivity index (χ4v) is 3.56. The smallest absolute Gasteiger partial charge is 0.340 e. The number of fused-ring (bicyclic) bond motifs is 3. The maximum absolute atomic E-state index is 13.5. The van der Waals surface area contributed by atoms with Gasteiger partial charge in [-0.3, -0.25) is 9.69 Å². The number of carbonyl (C=O) groups excluding carboxylic acids is 1. The molecular formula is C16H19F5N4O. The van der Waals surface area contributed by atoms with Gasteiger partial charge in [0.2, 0.25) is 0 Å². The van der Waals surface area contributed by atoms with E-state index in [-0.39, 0.29) is 11.9 Å². The molecule has 1 aromatic rings. The molecule has 5 nitrogen and oxygen atoms in total. The lowest BCUT2D eigenvalue weighted by Gasteiger charge is -2.48. The van der Waals surface area contributed by atoms with Crippen LogP contribution >= 0.6 is 0 Å². The van der Waals surface area contributed by atoms with Crippen LogP contribution in [0.5, 0.6) is 0 Å². The van der Waals surface area contributed by atoms with Gasteiger partial charge in [-0.05, 0) is 13.8 Å². The fraction of sp³-hybridized carbons (Fsp3) is 0.625. The SMILES string of the molecule is CC(C)N1CCN2c3ncc(C(F)(F)F)c(C(F)F)c3N(C)C(=O)[C@@H]2C1. The monoisotopic (exact) mass is 378 g/mol. The van der Waals surface area contributed by atoms with Gasteiger partial charge in [0.15, 0.2) is 5.82 Å². The third-order valence-electron chi connectivity index (χ3n) is 4.96. The Labute approximate surface area is 147 Å². The zero-order chi connectivity index (χ0) is 19.4. The van der Waals surface area contributed by atoms with Crippen LogP contribution in [0.4, 0.5) is 33.5 Å². The minimum Gasteiger partial charge on any atom is -0.340 e. The van der Waals surface area contributed by atoms with E-state index in [1.807, 2.05) is 13.8 Å². The molecule has 1 amide bonds. The zero-order valence-electron chi connectivity index (χ0n) is 14.5. The average molecular weight is 378 g/mol. The number of rotatable bonds is 2. The summed E-state index contributed by atoms with van der Waals surface area (Å²) in [6.07, 6.45) is -7.92. The molecule has 3 heterocycles. The molecule has 1 aromatic heterocycles. The second-order valence-corrected chi connectivity index (χ2v) is 6.75. The second-order valence-electron chi connectivity index (χ2n) is 6.75. The van der Waals surface area contributed by atoms with E-state index in [0.717, 1.165) is 4.90 Å². The van der Waals surface area contributed by atoms with Crippen molar-refractivity contribution in [3.05, 3.63) is 17.3 Å².